The van der Waals surface area contributed by atoms with Crippen LogP contribution in [0.25, 0.3) is 10.8 Å². The van der Waals surface area contributed by atoms with Gasteiger partial charge in [0, 0.05) is 35.7 Å². The van der Waals surface area contributed by atoms with Gasteiger partial charge in [0.1, 0.15) is 11.5 Å². The fourth-order valence-corrected chi connectivity index (χ4v) is 5.63. The highest BCUT2D eigenvalue weighted by molar-refractivity contribution is 7.92. The fraction of sp³-hybridized carbons (Fsp3) is 0.179. The quantitative estimate of drug-likeness (QED) is 0.346. The molecule has 0 amide bonds. The summed E-state index contributed by atoms with van der Waals surface area (Å²) >= 11 is 0. The summed E-state index contributed by atoms with van der Waals surface area (Å²) in [5.74, 6) is -0.664. The molecule has 34 heavy (non-hydrogen) atoms. The number of hydrogen-bond acceptors (Lipinski definition) is 5. The molecule has 0 unspecified atom stereocenters. The maximum absolute atomic E-state index is 12.8. The summed E-state index contributed by atoms with van der Waals surface area (Å²) < 4.78 is 25.0. The third-order valence-electron chi connectivity index (χ3n) is 6.37. The van der Waals surface area contributed by atoms with Crippen LogP contribution >= 0.6 is 0 Å². The average Bonchev–Trinajstić information content (AvgIpc) is 3.66. The van der Waals surface area contributed by atoms with Gasteiger partial charge in [-0.25, -0.2) is 8.42 Å². The van der Waals surface area contributed by atoms with Crippen LogP contribution in [0.4, 0.5) is 0 Å². The number of benzene rings is 3. The molecule has 1 fully saturated rings. The normalized spacial score (nSPS) is 17.4. The number of nitrogens with zero attached hydrogens (tertiary/aromatic N) is 1. The Labute approximate surface area is 198 Å². The van der Waals surface area contributed by atoms with Crippen LogP contribution in [0.5, 0.6) is 0 Å². The molecular formula is C28H23NO4S. The number of carbonyl (C=O) groups excluding carboxylic acids is 2. The lowest BCUT2D eigenvalue weighted by atomic mass is 10.00. The van der Waals surface area contributed by atoms with E-state index in [9.17, 15) is 18.0 Å². The van der Waals surface area contributed by atoms with E-state index in [1.54, 1.807) is 36.5 Å². The number of sulfone groups is 1. The standard InChI is InChI=1S/C28H23NO4S/c30-27(15-19-6-7-23-17-29-13-12-22(23)14-19)26-16-25(26)20-8-10-21(11-9-20)28(31)18-34(32,33)24-4-2-1-3-5-24/h1-14,17,25-26H,15-16,18H2/t25-,26+/m0/s1. The minimum absolute atomic E-state index is 0.0202. The molecule has 0 saturated heterocycles. The van der Waals surface area contributed by atoms with E-state index in [1.165, 1.54) is 12.1 Å². The maximum Gasteiger partial charge on any atom is 0.185 e. The Bertz CT molecular complexity index is 1480. The van der Waals surface area contributed by atoms with Crippen molar-refractivity contribution in [3.63, 3.8) is 0 Å². The number of ketones is 2. The summed E-state index contributed by atoms with van der Waals surface area (Å²) in [5, 5.41) is 2.12. The van der Waals surface area contributed by atoms with Crippen LogP contribution in [0.1, 0.15) is 33.8 Å². The van der Waals surface area contributed by atoms with E-state index in [0.717, 1.165) is 28.3 Å². The molecule has 0 spiro atoms. The molecule has 1 heterocycles. The van der Waals surface area contributed by atoms with Crippen molar-refractivity contribution in [3.8, 4) is 0 Å². The number of rotatable bonds is 8. The van der Waals surface area contributed by atoms with Crippen molar-refractivity contribution >= 4 is 32.2 Å². The molecule has 0 N–H and O–H groups in total. The zero-order chi connectivity index (χ0) is 23.7. The predicted octanol–water partition coefficient (Wildman–Crippen LogP) is 4.81. The van der Waals surface area contributed by atoms with Crippen molar-refractivity contribution in [3.05, 3.63) is 108 Å². The zero-order valence-electron chi connectivity index (χ0n) is 18.4. The van der Waals surface area contributed by atoms with Crippen LogP contribution in [-0.2, 0) is 21.1 Å². The minimum Gasteiger partial charge on any atom is -0.299 e. The van der Waals surface area contributed by atoms with Gasteiger partial charge in [0.25, 0.3) is 0 Å². The van der Waals surface area contributed by atoms with Crippen molar-refractivity contribution in [1.29, 1.82) is 0 Å². The molecule has 1 aromatic heterocycles. The summed E-state index contributed by atoms with van der Waals surface area (Å²) in [5.41, 5.74) is 2.36. The van der Waals surface area contributed by atoms with Gasteiger partial charge in [-0.1, -0.05) is 60.7 Å². The van der Waals surface area contributed by atoms with Gasteiger partial charge < -0.3 is 0 Å². The van der Waals surface area contributed by atoms with Crippen molar-refractivity contribution in [2.45, 2.75) is 23.7 Å². The summed E-state index contributed by atoms with van der Waals surface area (Å²) in [6, 6.07) is 22.9. The van der Waals surface area contributed by atoms with E-state index < -0.39 is 21.4 Å². The van der Waals surface area contributed by atoms with Gasteiger partial charge in [0.2, 0.25) is 0 Å². The van der Waals surface area contributed by atoms with Crippen molar-refractivity contribution in [1.82, 2.24) is 4.98 Å². The number of Topliss-reactive ketones (excluding diaryl/α,β-unsaturated/α-hetero) is 2. The number of fused-ring (bicyclic) bond motifs is 1. The Kier molecular flexibility index (Phi) is 5.84. The summed E-state index contributed by atoms with van der Waals surface area (Å²) in [6.45, 7) is 0. The Hall–Kier alpha value is -3.64. The van der Waals surface area contributed by atoms with Crippen LogP contribution < -0.4 is 0 Å². The average molecular weight is 470 g/mol. The molecule has 6 heteroatoms. The lowest BCUT2D eigenvalue weighted by Gasteiger charge is -2.06. The van der Waals surface area contributed by atoms with Crippen LogP contribution in [0.2, 0.25) is 0 Å². The first-order valence-electron chi connectivity index (χ1n) is 11.2. The van der Waals surface area contributed by atoms with Crippen LogP contribution in [-0.4, -0.2) is 30.7 Å². The molecule has 5 nitrogen and oxygen atoms in total. The molecule has 1 aliphatic carbocycles. The third kappa shape index (κ3) is 4.68. The van der Waals surface area contributed by atoms with Crippen molar-refractivity contribution in [2.75, 3.05) is 5.75 Å². The Morgan fingerprint density at radius 3 is 2.41 bits per heavy atom. The first-order chi connectivity index (χ1) is 16.4. The molecule has 3 aromatic carbocycles. The SMILES string of the molecule is O=C(CS(=O)(=O)c1ccccc1)c1ccc([C@@H]2C[C@H]2C(=O)Cc2ccc3cnccc3c2)cc1. The Morgan fingerprint density at radius 1 is 0.882 bits per heavy atom. The molecule has 5 rings (SSSR count). The van der Waals surface area contributed by atoms with E-state index in [-0.39, 0.29) is 22.5 Å². The second-order valence-corrected chi connectivity index (χ2v) is 10.8. The van der Waals surface area contributed by atoms with E-state index in [0.29, 0.717) is 12.0 Å². The molecule has 170 valence electrons. The lowest BCUT2D eigenvalue weighted by Crippen LogP contribution is -2.16. The third-order valence-corrected chi connectivity index (χ3v) is 8.00. The van der Waals surface area contributed by atoms with Gasteiger partial charge >= 0.3 is 0 Å². The molecule has 0 aliphatic heterocycles. The monoisotopic (exact) mass is 469 g/mol. The van der Waals surface area contributed by atoms with Crippen molar-refractivity contribution < 1.29 is 18.0 Å². The molecule has 1 aliphatic rings. The molecule has 4 aromatic rings. The number of hydrogen-bond donors (Lipinski definition) is 0. The van der Waals surface area contributed by atoms with Crippen LogP contribution in [0, 0.1) is 5.92 Å². The van der Waals surface area contributed by atoms with E-state index in [4.69, 9.17) is 0 Å². The number of carbonyl (C=O) groups is 2. The van der Waals surface area contributed by atoms with Gasteiger partial charge in [-0.2, -0.15) is 0 Å². The first kappa shape index (κ1) is 22.2. The number of pyridine rings is 1. The molecule has 1 saturated carbocycles. The Balaban J connectivity index is 1.21. The van der Waals surface area contributed by atoms with Crippen molar-refractivity contribution in [2.24, 2.45) is 5.92 Å². The summed E-state index contributed by atoms with van der Waals surface area (Å²) in [6.07, 6.45) is 4.75. The molecular weight excluding hydrogens is 446 g/mol. The highest BCUT2D eigenvalue weighted by atomic mass is 32.2. The van der Waals surface area contributed by atoms with Gasteiger partial charge in [0.15, 0.2) is 15.6 Å². The Morgan fingerprint density at radius 2 is 1.65 bits per heavy atom. The van der Waals surface area contributed by atoms with Gasteiger partial charge in [-0.3, -0.25) is 14.6 Å². The fourth-order valence-electron chi connectivity index (χ4n) is 4.38. The topological polar surface area (TPSA) is 81.2 Å². The largest absolute Gasteiger partial charge is 0.299 e. The second-order valence-electron chi connectivity index (χ2n) is 8.77. The zero-order valence-corrected chi connectivity index (χ0v) is 19.2. The van der Waals surface area contributed by atoms with Gasteiger partial charge in [-0.05, 0) is 47.1 Å². The highest BCUT2D eigenvalue weighted by Crippen LogP contribution is 2.48. The van der Waals surface area contributed by atoms with Crippen LogP contribution in [0.15, 0.2) is 96.2 Å². The highest BCUT2D eigenvalue weighted by Gasteiger charge is 2.43. The van der Waals surface area contributed by atoms with Gasteiger partial charge in [0.05, 0.1) is 4.90 Å². The summed E-state index contributed by atoms with van der Waals surface area (Å²) in [4.78, 5) is 29.6. The maximum atomic E-state index is 12.8. The lowest BCUT2D eigenvalue weighted by molar-refractivity contribution is -0.119. The smallest absolute Gasteiger partial charge is 0.185 e. The summed E-state index contributed by atoms with van der Waals surface area (Å²) in [7, 11) is -3.68. The van der Waals surface area contributed by atoms with E-state index in [1.807, 2.05) is 42.6 Å². The van der Waals surface area contributed by atoms with Crippen LogP contribution in [0.3, 0.4) is 0 Å². The minimum atomic E-state index is -3.68. The molecule has 2 atom stereocenters. The first-order valence-corrected chi connectivity index (χ1v) is 12.8. The van der Waals surface area contributed by atoms with E-state index in [2.05, 4.69) is 4.98 Å². The predicted molar refractivity (Wildman–Crippen MR) is 131 cm³/mol. The van der Waals surface area contributed by atoms with E-state index >= 15 is 0 Å². The molecule has 0 bridgehead atoms. The second kappa shape index (κ2) is 8.95. The van der Waals surface area contributed by atoms with Gasteiger partial charge in [-0.15, -0.1) is 0 Å². The molecule has 0 radical (unpaired) electrons. The number of aromatic nitrogens is 1.